The summed E-state index contributed by atoms with van der Waals surface area (Å²) in [6, 6.07) is 23.8. The average Bonchev–Trinajstić information content (AvgIpc) is 3.49. The van der Waals surface area contributed by atoms with Crippen LogP contribution in [0.4, 0.5) is 11.4 Å². The number of rotatable bonds is 7. The van der Waals surface area contributed by atoms with Gasteiger partial charge in [0.2, 0.25) is 0 Å². The molecule has 9 heteroatoms. The molecular formula is C27H25N5O3S. The Kier molecular flexibility index (Phi) is 6.39. The van der Waals surface area contributed by atoms with E-state index in [-0.39, 0.29) is 23.9 Å². The summed E-state index contributed by atoms with van der Waals surface area (Å²) in [4.78, 5) is 17.4. The fourth-order valence-electron chi connectivity index (χ4n) is 4.50. The van der Waals surface area contributed by atoms with Gasteiger partial charge in [0, 0.05) is 41.6 Å². The summed E-state index contributed by atoms with van der Waals surface area (Å²) in [6.45, 7) is 3.99. The van der Waals surface area contributed by atoms with E-state index in [0.29, 0.717) is 5.11 Å². The zero-order chi connectivity index (χ0) is 25.2. The summed E-state index contributed by atoms with van der Waals surface area (Å²) >= 11 is 5.83. The van der Waals surface area contributed by atoms with E-state index in [1.54, 1.807) is 18.3 Å². The van der Waals surface area contributed by atoms with Crippen LogP contribution in [0.25, 0.3) is 5.69 Å². The normalized spacial score (nSPS) is 17.3. The first-order valence-electron chi connectivity index (χ1n) is 11.6. The van der Waals surface area contributed by atoms with Gasteiger partial charge >= 0.3 is 0 Å². The molecule has 2 unspecified atom stereocenters. The maximum atomic E-state index is 11.1. The number of thiocarbonyl (C=S) groups is 1. The quantitative estimate of drug-likeness (QED) is 0.197. The van der Waals surface area contributed by atoms with Crippen LogP contribution >= 0.6 is 12.2 Å². The van der Waals surface area contributed by atoms with E-state index in [1.807, 2.05) is 79.2 Å². The molecule has 36 heavy (non-hydrogen) atoms. The second kappa shape index (κ2) is 9.79. The van der Waals surface area contributed by atoms with Gasteiger partial charge in [-0.1, -0.05) is 6.07 Å². The van der Waals surface area contributed by atoms with Crippen molar-refractivity contribution in [2.24, 2.45) is 0 Å². The molecule has 1 N–H and O–H groups in total. The molecule has 182 valence electrons. The number of ether oxygens (including phenoxy) is 1. The lowest BCUT2D eigenvalue weighted by molar-refractivity contribution is -0.384. The van der Waals surface area contributed by atoms with E-state index in [2.05, 4.69) is 15.2 Å². The highest BCUT2D eigenvalue weighted by molar-refractivity contribution is 7.80. The smallest absolute Gasteiger partial charge is 0.269 e. The molecule has 5 rings (SSSR count). The monoisotopic (exact) mass is 499 g/mol. The van der Waals surface area contributed by atoms with Crippen molar-refractivity contribution in [1.82, 2.24) is 14.9 Å². The summed E-state index contributed by atoms with van der Waals surface area (Å²) in [5.74, 6) is 0.791. The van der Waals surface area contributed by atoms with Gasteiger partial charge in [-0.15, -0.1) is 0 Å². The molecule has 0 aliphatic carbocycles. The predicted octanol–water partition coefficient (Wildman–Crippen LogP) is 5.74. The van der Waals surface area contributed by atoms with Crippen LogP contribution in [-0.4, -0.2) is 25.7 Å². The van der Waals surface area contributed by atoms with Gasteiger partial charge in [0.05, 0.1) is 22.8 Å². The van der Waals surface area contributed by atoms with Crippen LogP contribution in [-0.2, 0) is 0 Å². The third-order valence-corrected chi connectivity index (χ3v) is 6.32. The third kappa shape index (κ3) is 4.52. The molecule has 0 radical (unpaired) electrons. The zero-order valence-corrected chi connectivity index (χ0v) is 20.6. The number of nitrogens with zero attached hydrogens (tertiary/aromatic N) is 4. The number of nitro benzene ring substituents is 1. The van der Waals surface area contributed by atoms with Gasteiger partial charge in [-0.2, -0.15) is 0 Å². The lowest BCUT2D eigenvalue weighted by Gasteiger charge is -2.29. The van der Waals surface area contributed by atoms with Crippen LogP contribution < -0.4 is 15.0 Å². The lowest BCUT2D eigenvalue weighted by atomic mass is 10.0. The molecule has 8 nitrogen and oxygen atoms in total. The molecular weight excluding hydrogens is 474 g/mol. The fraction of sp³-hybridized carbons (Fsp3) is 0.185. The van der Waals surface area contributed by atoms with Crippen LogP contribution in [0.3, 0.4) is 0 Å². The van der Waals surface area contributed by atoms with Crippen LogP contribution in [0, 0.1) is 10.1 Å². The Bertz CT molecular complexity index is 1370. The SMILES string of the molecule is CC(C)Oc1ccc(N2C(=S)NC(c3ccccn3)C2c2cccn2-c2ccc([N+](=O)[O-])cc2)cc1. The predicted molar refractivity (Wildman–Crippen MR) is 143 cm³/mol. The Morgan fingerprint density at radius 1 is 1.00 bits per heavy atom. The molecule has 3 heterocycles. The van der Waals surface area contributed by atoms with E-state index in [0.717, 1.165) is 28.5 Å². The highest BCUT2D eigenvalue weighted by atomic mass is 32.1. The maximum Gasteiger partial charge on any atom is 0.269 e. The molecule has 1 saturated heterocycles. The second-order valence-electron chi connectivity index (χ2n) is 8.73. The zero-order valence-electron chi connectivity index (χ0n) is 19.8. The highest BCUT2D eigenvalue weighted by Gasteiger charge is 2.42. The molecule has 1 aliphatic rings. The molecule has 0 saturated carbocycles. The number of benzene rings is 2. The molecule has 0 spiro atoms. The number of nitrogens with one attached hydrogen (secondary N) is 1. The largest absolute Gasteiger partial charge is 0.491 e. The van der Waals surface area contributed by atoms with Crippen molar-refractivity contribution in [3.63, 3.8) is 0 Å². The molecule has 1 fully saturated rings. The molecule has 0 bridgehead atoms. The molecule has 4 aromatic rings. The maximum absolute atomic E-state index is 11.1. The molecule has 2 atom stereocenters. The molecule has 0 amide bonds. The summed E-state index contributed by atoms with van der Waals surface area (Å²) < 4.78 is 7.85. The average molecular weight is 500 g/mol. The highest BCUT2D eigenvalue weighted by Crippen LogP contribution is 2.42. The molecule has 2 aromatic carbocycles. The van der Waals surface area contributed by atoms with Gasteiger partial charge in [-0.25, -0.2) is 0 Å². The number of nitro groups is 1. The van der Waals surface area contributed by atoms with Crippen LogP contribution in [0.5, 0.6) is 5.75 Å². The van der Waals surface area contributed by atoms with Gasteiger partial charge in [0.1, 0.15) is 11.8 Å². The van der Waals surface area contributed by atoms with E-state index in [9.17, 15) is 10.1 Å². The minimum Gasteiger partial charge on any atom is -0.491 e. The first-order valence-corrected chi connectivity index (χ1v) is 12.0. The van der Waals surface area contributed by atoms with Crippen molar-refractivity contribution in [3.8, 4) is 11.4 Å². The Hall–Kier alpha value is -4.24. The van der Waals surface area contributed by atoms with Crippen LogP contribution in [0.2, 0.25) is 0 Å². The van der Waals surface area contributed by atoms with E-state index in [1.165, 1.54) is 12.1 Å². The van der Waals surface area contributed by atoms with Crippen molar-refractivity contribution in [3.05, 3.63) is 113 Å². The first kappa shape index (κ1) is 23.5. The Balaban J connectivity index is 1.59. The van der Waals surface area contributed by atoms with Gasteiger partial charge in [0.25, 0.3) is 5.69 Å². The number of non-ortho nitro benzene ring substituents is 1. The topological polar surface area (TPSA) is 85.5 Å². The van der Waals surface area contributed by atoms with E-state index < -0.39 is 4.92 Å². The third-order valence-electron chi connectivity index (χ3n) is 6.01. The van der Waals surface area contributed by atoms with Gasteiger partial charge < -0.3 is 19.5 Å². The van der Waals surface area contributed by atoms with Crippen molar-refractivity contribution in [2.45, 2.75) is 32.0 Å². The van der Waals surface area contributed by atoms with Gasteiger partial charge in [-0.3, -0.25) is 15.1 Å². The lowest BCUT2D eigenvalue weighted by Crippen LogP contribution is -2.30. The summed E-state index contributed by atoms with van der Waals surface area (Å²) in [6.07, 6.45) is 3.80. The standard InChI is InChI=1S/C27H25N5O3S/c1-18(2)35-22-14-12-20(13-15-22)31-26(25(29-27(31)36)23-6-3-4-16-28-23)24-7-5-17-30(24)19-8-10-21(11-9-19)32(33)34/h3-18,25-26H,1-2H3,(H,29,36). The number of pyridine rings is 1. The van der Waals surface area contributed by atoms with Gasteiger partial charge in [0.15, 0.2) is 5.11 Å². The van der Waals surface area contributed by atoms with E-state index in [4.69, 9.17) is 17.0 Å². The number of hydrogen-bond donors (Lipinski definition) is 1. The van der Waals surface area contributed by atoms with Crippen LogP contribution in [0.15, 0.2) is 91.3 Å². The number of hydrogen-bond acceptors (Lipinski definition) is 5. The minimum absolute atomic E-state index is 0.0489. The Morgan fingerprint density at radius 3 is 2.36 bits per heavy atom. The van der Waals surface area contributed by atoms with Crippen molar-refractivity contribution >= 4 is 28.7 Å². The number of aromatic nitrogens is 2. The fourth-order valence-corrected chi connectivity index (χ4v) is 4.84. The summed E-state index contributed by atoms with van der Waals surface area (Å²) in [5, 5.41) is 15.2. The number of anilines is 1. The molecule has 2 aromatic heterocycles. The van der Waals surface area contributed by atoms with Crippen LogP contribution in [0.1, 0.15) is 37.3 Å². The van der Waals surface area contributed by atoms with Crippen molar-refractivity contribution in [2.75, 3.05) is 4.90 Å². The molecule has 1 aliphatic heterocycles. The minimum atomic E-state index is -0.398. The summed E-state index contributed by atoms with van der Waals surface area (Å²) in [5.41, 5.74) is 3.62. The van der Waals surface area contributed by atoms with Gasteiger partial charge in [-0.05, 0) is 86.7 Å². The van der Waals surface area contributed by atoms with Crippen molar-refractivity contribution < 1.29 is 9.66 Å². The van der Waals surface area contributed by atoms with Crippen molar-refractivity contribution in [1.29, 1.82) is 0 Å². The van der Waals surface area contributed by atoms with E-state index >= 15 is 0 Å². The first-order chi connectivity index (χ1) is 17.4. The second-order valence-corrected chi connectivity index (χ2v) is 9.12. The Labute approximate surface area is 214 Å². The Morgan fingerprint density at radius 2 is 1.72 bits per heavy atom. The summed E-state index contributed by atoms with van der Waals surface area (Å²) in [7, 11) is 0.